The summed E-state index contributed by atoms with van der Waals surface area (Å²) < 4.78 is 39.1. The molecule has 1 atom stereocenters. The maximum atomic E-state index is 16.0. The van der Waals surface area contributed by atoms with Crippen LogP contribution in [-0.2, 0) is 24.4 Å². The van der Waals surface area contributed by atoms with E-state index in [-0.39, 0.29) is 35.3 Å². The number of rotatable bonds is 6. The number of carbonyl (C=O) groups excluding carboxylic acids is 2. The van der Waals surface area contributed by atoms with Gasteiger partial charge in [0.2, 0.25) is 5.91 Å². The number of hydrogen-bond donors (Lipinski definition) is 0. The molecule has 0 bridgehead atoms. The fourth-order valence-corrected chi connectivity index (χ4v) is 7.16. The van der Waals surface area contributed by atoms with Crippen LogP contribution in [0.4, 0.5) is 8.78 Å². The van der Waals surface area contributed by atoms with Crippen molar-refractivity contribution in [3.63, 3.8) is 0 Å². The molecular weight excluding hydrogens is 610 g/mol. The van der Waals surface area contributed by atoms with Crippen LogP contribution in [0.25, 0.3) is 43.9 Å². The molecule has 0 aliphatic carbocycles. The van der Waals surface area contributed by atoms with Gasteiger partial charge in [0.05, 0.1) is 36.1 Å². The Balaban J connectivity index is 1.50. The normalized spacial score (nSPS) is 15.9. The van der Waals surface area contributed by atoms with Crippen molar-refractivity contribution in [3.05, 3.63) is 83.1 Å². The monoisotopic (exact) mass is 640 g/mol. The van der Waals surface area contributed by atoms with Crippen molar-refractivity contribution in [2.45, 2.75) is 52.6 Å². The Labute approximate surface area is 267 Å². The summed E-state index contributed by atoms with van der Waals surface area (Å²) in [5.41, 5.74) is 4.59. The molecule has 0 saturated heterocycles. The molecule has 9 nitrogen and oxygen atoms in total. The molecule has 0 spiro atoms. The summed E-state index contributed by atoms with van der Waals surface area (Å²) in [6.07, 6.45) is 2.56. The van der Waals surface area contributed by atoms with Crippen LogP contribution in [0.2, 0.25) is 0 Å². The van der Waals surface area contributed by atoms with Gasteiger partial charge in [-0.1, -0.05) is 6.58 Å². The van der Waals surface area contributed by atoms with Crippen molar-refractivity contribution in [1.82, 2.24) is 29.5 Å². The number of pyridine rings is 2. The number of ether oxygens (including phenoxy) is 1. The highest BCUT2D eigenvalue weighted by atomic mass is 32.1. The Kier molecular flexibility index (Phi) is 7.19. The first-order valence-electron chi connectivity index (χ1n) is 14.9. The second-order valence-corrected chi connectivity index (χ2v) is 12.8. The number of halogens is 2. The fourth-order valence-electron chi connectivity index (χ4n) is 6.21. The summed E-state index contributed by atoms with van der Waals surface area (Å²) in [4.78, 5) is 38.1. The van der Waals surface area contributed by atoms with Crippen molar-refractivity contribution in [2.24, 2.45) is 0 Å². The molecule has 6 heterocycles. The largest absolute Gasteiger partial charge is 0.490 e. The van der Waals surface area contributed by atoms with E-state index < -0.39 is 11.6 Å². The minimum atomic E-state index is -0.790. The van der Waals surface area contributed by atoms with Crippen LogP contribution < -0.4 is 4.74 Å². The van der Waals surface area contributed by atoms with E-state index in [2.05, 4.69) is 11.6 Å². The number of hydrogen-bond acceptors (Lipinski definition) is 7. The maximum absolute atomic E-state index is 16.0. The van der Waals surface area contributed by atoms with Gasteiger partial charge in [0.25, 0.3) is 5.91 Å². The predicted molar refractivity (Wildman–Crippen MR) is 171 cm³/mol. The molecule has 46 heavy (non-hydrogen) atoms. The minimum Gasteiger partial charge on any atom is -0.490 e. The molecule has 1 aromatic carbocycles. The van der Waals surface area contributed by atoms with Crippen LogP contribution >= 0.6 is 11.3 Å². The lowest BCUT2D eigenvalue weighted by Crippen LogP contribution is -2.44. The summed E-state index contributed by atoms with van der Waals surface area (Å²) in [7, 11) is 1.73. The quantitative estimate of drug-likeness (QED) is 0.198. The Morgan fingerprint density at radius 2 is 1.93 bits per heavy atom. The molecule has 0 N–H and O–H groups in total. The summed E-state index contributed by atoms with van der Waals surface area (Å²) in [5.74, 6) is -1.81. The zero-order chi connectivity index (χ0) is 32.4. The smallest absolute Gasteiger partial charge is 0.272 e. The first-order valence-corrected chi connectivity index (χ1v) is 15.7. The topological polar surface area (TPSA) is 93.5 Å². The average Bonchev–Trinajstić information content (AvgIpc) is 3.72. The molecule has 2 aliphatic rings. The van der Waals surface area contributed by atoms with Gasteiger partial charge < -0.3 is 14.5 Å². The molecule has 0 fully saturated rings. The van der Waals surface area contributed by atoms with Crippen LogP contribution in [0.1, 0.15) is 42.5 Å². The Morgan fingerprint density at radius 3 is 2.70 bits per heavy atom. The van der Waals surface area contributed by atoms with E-state index in [0.29, 0.717) is 58.2 Å². The van der Waals surface area contributed by atoms with Crippen LogP contribution in [0.5, 0.6) is 5.75 Å². The second-order valence-electron chi connectivity index (χ2n) is 11.9. The molecule has 12 heteroatoms. The molecule has 5 aromatic rings. The van der Waals surface area contributed by atoms with Crippen LogP contribution in [0.15, 0.2) is 54.6 Å². The second kappa shape index (κ2) is 11.1. The Morgan fingerprint density at radius 1 is 1.13 bits per heavy atom. The van der Waals surface area contributed by atoms with Crippen molar-refractivity contribution >= 4 is 33.2 Å². The maximum Gasteiger partial charge on any atom is 0.272 e. The van der Waals surface area contributed by atoms with E-state index in [0.717, 1.165) is 22.7 Å². The molecule has 2 amide bonds. The van der Waals surface area contributed by atoms with Crippen molar-refractivity contribution in [1.29, 1.82) is 0 Å². The number of fused-ring (bicyclic) bond motifs is 3. The molecule has 0 saturated carbocycles. The predicted octanol–water partition coefficient (Wildman–Crippen LogP) is 6.46. The lowest BCUT2D eigenvalue weighted by atomic mass is 9.96. The Hall–Kier alpha value is -4.97. The van der Waals surface area contributed by atoms with E-state index >= 15 is 4.39 Å². The van der Waals surface area contributed by atoms with Crippen LogP contribution in [0.3, 0.4) is 0 Å². The van der Waals surface area contributed by atoms with Gasteiger partial charge in [0.15, 0.2) is 0 Å². The zero-order valence-electron chi connectivity index (χ0n) is 25.7. The molecule has 0 unspecified atom stereocenters. The van der Waals surface area contributed by atoms with Crippen LogP contribution in [0, 0.1) is 11.6 Å². The van der Waals surface area contributed by atoms with Gasteiger partial charge in [-0.15, -0.1) is 11.3 Å². The van der Waals surface area contributed by atoms with Gasteiger partial charge >= 0.3 is 0 Å². The number of amides is 2. The minimum absolute atomic E-state index is 0.0547. The van der Waals surface area contributed by atoms with Crippen LogP contribution in [-0.4, -0.2) is 60.6 Å². The summed E-state index contributed by atoms with van der Waals surface area (Å²) in [6.45, 7) is 10.3. The van der Waals surface area contributed by atoms with Crippen molar-refractivity contribution < 1.29 is 23.1 Å². The highest BCUT2D eigenvalue weighted by Crippen LogP contribution is 2.47. The lowest BCUT2D eigenvalue weighted by Gasteiger charge is -2.33. The number of nitrogens with zero attached hydrogens (tertiary/aromatic N) is 6. The third kappa shape index (κ3) is 4.84. The van der Waals surface area contributed by atoms with Gasteiger partial charge in [0.1, 0.15) is 34.5 Å². The standard InChI is InChI=1S/C34H30F2N6O3S/c1-6-27(43)41-16-22-12-25(39-42(22)14-18(41)4)32-29(28-24(36)10-21(35)11-26(28)45-17(2)3)33-23(7-8-46-33)30(38-32)19-9-20-15-40(5)34(44)31(20)37-13-19/h6-13,17-18H,1,14-16H2,2-5H3/t18-/m1/s1. The van der Waals surface area contributed by atoms with Gasteiger partial charge in [-0.05, 0) is 50.4 Å². The molecule has 2 aliphatic heterocycles. The fraction of sp³-hybridized carbons (Fsp3) is 0.265. The first kappa shape index (κ1) is 29.7. The summed E-state index contributed by atoms with van der Waals surface area (Å²) in [5, 5.41) is 7.54. The molecule has 7 rings (SSSR count). The summed E-state index contributed by atoms with van der Waals surface area (Å²) in [6, 6.07) is 7.57. The van der Waals surface area contributed by atoms with Gasteiger partial charge in [0, 0.05) is 64.7 Å². The zero-order valence-corrected chi connectivity index (χ0v) is 26.5. The average molecular weight is 641 g/mol. The van der Waals surface area contributed by atoms with E-state index in [1.165, 1.54) is 23.5 Å². The number of aromatic nitrogens is 4. The highest BCUT2D eigenvalue weighted by Gasteiger charge is 2.32. The molecular formula is C34H30F2N6O3S. The number of thiophene rings is 1. The van der Waals surface area contributed by atoms with E-state index in [9.17, 15) is 14.0 Å². The van der Waals surface area contributed by atoms with Crippen molar-refractivity contribution in [3.8, 4) is 39.5 Å². The molecule has 0 radical (unpaired) electrons. The van der Waals surface area contributed by atoms with E-state index in [4.69, 9.17) is 14.8 Å². The van der Waals surface area contributed by atoms with Crippen molar-refractivity contribution in [2.75, 3.05) is 7.05 Å². The van der Waals surface area contributed by atoms with E-state index in [1.807, 2.05) is 35.2 Å². The SMILES string of the molecule is C=CC(=O)N1Cc2cc(-c3nc(-c4cnc5c(c4)CN(C)C5=O)c4ccsc4c3-c3c(F)cc(F)cc3OC(C)C)nn2C[C@H]1C. The highest BCUT2D eigenvalue weighted by molar-refractivity contribution is 7.18. The lowest BCUT2D eigenvalue weighted by molar-refractivity contribution is -0.129. The Bertz CT molecular complexity index is 2090. The first-order chi connectivity index (χ1) is 22.0. The van der Waals surface area contributed by atoms with Gasteiger partial charge in [-0.2, -0.15) is 5.10 Å². The van der Waals surface area contributed by atoms with Gasteiger partial charge in [-0.25, -0.2) is 13.8 Å². The van der Waals surface area contributed by atoms with E-state index in [1.54, 1.807) is 36.9 Å². The number of carbonyl (C=O) groups is 2. The molecule has 4 aromatic heterocycles. The molecule has 234 valence electrons. The summed E-state index contributed by atoms with van der Waals surface area (Å²) >= 11 is 1.40. The number of benzene rings is 1. The third-order valence-electron chi connectivity index (χ3n) is 8.30. The third-order valence-corrected chi connectivity index (χ3v) is 9.23. The van der Waals surface area contributed by atoms with Gasteiger partial charge in [-0.3, -0.25) is 19.3 Å².